The van der Waals surface area contributed by atoms with Crippen molar-refractivity contribution >= 4 is 5.91 Å². The summed E-state index contributed by atoms with van der Waals surface area (Å²) >= 11 is 0. The van der Waals surface area contributed by atoms with Gasteiger partial charge in [0.2, 0.25) is 5.91 Å². The summed E-state index contributed by atoms with van der Waals surface area (Å²) in [5.74, 6) is -0.144. The van der Waals surface area contributed by atoms with E-state index in [-0.39, 0.29) is 5.91 Å². The minimum absolute atomic E-state index is 0.144. The second-order valence-electron chi connectivity index (χ2n) is 1.32. The average Bonchev–Trinajstić information content (AvgIpc) is 1.88. The van der Waals surface area contributed by atoms with Gasteiger partial charge in [-0.25, -0.2) is 0 Å². The number of amides is 1. The Bertz CT molecular complexity index is 81.1. The lowest BCUT2D eigenvalue weighted by molar-refractivity contribution is -0.116. The highest BCUT2D eigenvalue weighted by molar-refractivity contribution is 5.86. The van der Waals surface area contributed by atoms with E-state index in [1.54, 1.807) is 7.05 Å². The van der Waals surface area contributed by atoms with Crippen molar-refractivity contribution in [1.29, 1.82) is 0 Å². The minimum atomic E-state index is -0.144. The molecule has 0 bridgehead atoms. The molecule has 0 heterocycles. The lowest BCUT2D eigenvalue weighted by atomic mass is 10.6. The number of carbonyl (C=O) groups excluding carboxylic acids is 1. The van der Waals surface area contributed by atoms with Gasteiger partial charge in [-0.2, -0.15) is 0 Å². The molecule has 2 N–H and O–H groups in total. The molecule has 9 heavy (non-hydrogen) atoms. The second-order valence-corrected chi connectivity index (χ2v) is 1.32. The first-order chi connectivity index (χ1) is 4.22. The zero-order chi connectivity index (χ0) is 7.70. The van der Waals surface area contributed by atoms with Crippen molar-refractivity contribution in [3.8, 4) is 0 Å². The van der Waals surface area contributed by atoms with E-state index in [9.17, 15) is 4.79 Å². The van der Waals surface area contributed by atoms with Crippen molar-refractivity contribution in [2.45, 2.75) is 0 Å². The molecule has 0 radical (unpaired) electrons. The van der Waals surface area contributed by atoms with Gasteiger partial charge < -0.3 is 10.6 Å². The molecule has 0 aliphatic heterocycles. The molecule has 0 aromatic heterocycles. The maximum Gasteiger partial charge on any atom is 0.243 e. The van der Waals surface area contributed by atoms with Crippen LogP contribution in [0.15, 0.2) is 12.7 Å². The Morgan fingerprint density at radius 3 is 1.78 bits per heavy atom. The fourth-order valence-electron chi connectivity index (χ4n) is 0.102. The third kappa shape index (κ3) is 19.1. The van der Waals surface area contributed by atoms with Crippen molar-refractivity contribution in [3.05, 3.63) is 12.7 Å². The van der Waals surface area contributed by atoms with Crippen LogP contribution in [0.5, 0.6) is 0 Å². The van der Waals surface area contributed by atoms with E-state index in [2.05, 4.69) is 17.2 Å². The molecule has 0 aliphatic rings. The highest BCUT2D eigenvalue weighted by Gasteiger charge is 1.78. The number of hydrogen-bond donors (Lipinski definition) is 2. The molecule has 3 nitrogen and oxygen atoms in total. The van der Waals surface area contributed by atoms with E-state index in [1.807, 2.05) is 14.1 Å². The monoisotopic (exact) mass is 130 g/mol. The number of carbonyl (C=O) groups is 1. The first-order valence-electron chi connectivity index (χ1n) is 2.65. The second kappa shape index (κ2) is 10.2. The normalized spacial score (nSPS) is 6.56. The van der Waals surface area contributed by atoms with E-state index in [1.165, 1.54) is 6.08 Å². The Balaban J connectivity index is 0. The lowest BCUT2D eigenvalue weighted by Crippen LogP contribution is -2.13. The summed E-state index contributed by atoms with van der Waals surface area (Å²) in [7, 11) is 5.31. The van der Waals surface area contributed by atoms with Gasteiger partial charge in [-0.1, -0.05) is 6.58 Å². The first-order valence-corrected chi connectivity index (χ1v) is 2.65. The van der Waals surface area contributed by atoms with Gasteiger partial charge >= 0.3 is 0 Å². The SMILES string of the molecule is C=CC(=O)NC.CNC. The number of nitrogens with one attached hydrogen (secondary N) is 2. The van der Waals surface area contributed by atoms with Gasteiger partial charge in [0.1, 0.15) is 0 Å². The van der Waals surface area contributed by atoms with E-state index in [0.29, 0.717) is 0 Å². The molecule has 0 spiro atoms. The molecule has 3 heteroatoms. The Hall–Kier alpha value is -0.830. The Kier molecular flexibility index (Phi) is 12.5. The Morgan fingerprint density at radius 2 is 1.78 bits per heavy atom. The van der Waals surface area contributed by atoms with E-state index in [0.717, 1.165) is 0 Å². The molecule has 0 aliphatic carbocycles. The van der Waals surface area contributed by atoms with Crippen molar-refractivity contribution < 1.29 is 4.79 Å². The molecule has 1 amide bonds. The topological polar surface area (TPSA) is 41.1 Å². The predicted molar refractivity (Wildman–Crippen MR) is 39.2 cm³/mol. The number of likely N-dealkylation sites (N-methyl/N-ethyl adjacent to an activating group) is 1. The third-order valence-electron chi connectivity index (χ3n) is 0.432. The summed E-state index contributed by atoms with van der Waals surface area (Å²) in [5.41, 5.74) is 0. The first kappa shape index (κ1) is 11.0. The van der Waals surface area contributed by atoms with Gasteiger partial charge in [-0.15, -0.1) is 0 Å². The zero-order valence-electron chi connectivity index (χ0n) is 6.19. The van der Waals surface area contributed by atoms with Crippen LogP contribution in [0.2, 0.25) is 0 Å². The summed E-state index contributed by atoms with van der Waals surface area (Å²) in [5, 5.41) is 5.11. The summed E-state index contributed by atoms with van der Waals surface area (Å²) in [6, 6.07) is 0. The molecular formula is C6H14N2O. The van der Waals surface area contributed by atoms with Gasteiger partial charge in [-0.3, -0.25) is 4.79 Å². The van der Waals surface area contributed by atoms with Gasteiger partial charge in [0.05, 0.1) is 0 Å². The average molecular weight is 130 g/mol. The maximum atomic E-state index is 9.95. The fraction of sp³-hybridized carbons (Fsp3) is 0.500. The molecule has 0 atom stereocenters. The third-order valence-corrected chi connectivity index (χ3v) is 0.432. The zero-order valence-corrected chi connectivity index (χ0v) is 6.19. The molecule has 0 unspecified atom stereocenters. The van der Waals surface area contributed by atoms with Gasteiger partial charge in [0.25, 0.3) is 0 Å². The van der Waals surface area contributed by atoms with E-state index in [4.69, 9.17) is 0 Å². The van der Waals surface area contributed by atoms with Crippen LogP contribution in [-0.2, 0) is 4.79 Å². The molecule has 54 valence electrons. The maximum absolute atomic E-state index is 9.95. The molecular weight excluding hydrogens is 116 g/mol. The van der Waals surface area contributed by atoms with Gasteiger partial charge in [0.15, 0.2) is 0 Å². The highest BCUT2D eigenvalue weighted by Crippen LogP contribution is 1.56. The molecule has 0 fully saturated rings. The molecule has 0 aromatic rings. The van der Waals surface area contributed by atoms with Gasteiger partial charge in [0, 0.05) is 7.05 Å². The van der Waals surface area contributed by atoms with Crippen LogP contribution in [0, 0.1) is 0 Å². The Morgan fingerprint density at radius 1 is 1.44 bits per heavy atom. The molecule has 0 saturated carbocycles. The van der Waals surface area contributed by atoms with Gasteiger partial charge in [-0.05, 0) is 20.2 Å². The predicted octanol–water partition coefficient (Wildman–Crippen LogP) is -0.246. The van der Waals surface area contributed by atoms with Crippen molar-refractivity contribution in [3.63, 3.8) is 0 Å². The van der Waals surface area contributed by atoms with Crippen LogP contribution in [0.3, 0.4) is 0 Å². The van der Waals surface area contributed by atoms with Crippen molar-refractivity contribution in [2.75, 3.05) is 21.1 Å². The van der Waals surface area contributed by atoms with Crippen molar-refractivity contribution in [2.24, 2.45) is 0 Å². The highest BCUT2D eigenvalue weighted by atomic mass is 16.1. The number of rotatable bonds is 1. The summed E-state index contributed by atoms with van der Waals surface area (Å²) in [6.45, 7) is 3.22. The van der Waals surface area contributed by atoms with Crippen LogP contribution in [0.1, 0.15) is 0 Å². The fourth-order valence-corrected chi connectivity index (χ4v) is 0.102. The quantitative estimate of drug-likeness (QED) is 0.481. The molecule has 0 rings (SSSR count). The van der Waals surface area contributed by atoms with Crippen LogP contribution >= 0.6 is 0 Å². The van der Waals surface area contributed by atoms with Crippen LogP contribution in [0.4, 0.5) is 0 Å². The number of hydrogen-bond acceptors (Lipinski definition) is 2. The van der Waals surface area contributed by atoms with Crippen LogP contribution in [-0.4, -0.2) is 27.1 Å². The van der Waals surface area contributed by atoms with Crippen LogP contribution in [0.25, 0.3) is 0 Å². The van der Waals surface area contributed by atoms with E-state index < -0.39 is 0 Å². The smallest absolute Gasteiger partial charge is 0.243 e. The van der Waals surface area contributed by atoms with E-state index >= 15 is 0 Å². The summed E-state index contributed by atoms with van der Waals surface area (Å²) < 4.78 is 0. The Labute approximate surface area is 56.1 Å². The largest absolute Gasteiger partial charge is 0.356 e. The molecule has 0 aromatic carbocycles. The van der Waals surface area contributed by atoms with Crippen LogP contribution < -0.4 is 10.6 Å². The van der Waals surface area contributed by atoms with Crippen molar-refractivity contribution in [1.82, 2.24) is 10.6 Å². The lowest BCUT2D eigenvalue weighted by Gasteiger charge is -1.82. The minimum Gasteiger partial charge on any atom is -0.356 e. The summed E-state index contributed by atoms with van der Waals surface area (Å²) in [6.07, 6.45) is 1.22. The molecule has 0 saturated heterocycles. The standard InChI is InChI=1S/C4H7NO.C2H7N/c1-3-4(6)5-2;1-3-2/h3H,1H2,2H3,(H,5,6);3H,1-2H3. The summed E-state index contributed by atoms with van der Waals surface area (Å²) in [4.78, 5) is 9.95.